The summed E-state index contributed by atoms with van der Waals surface area (Å²) in [6.45, 7) is -0.135. The fraction of sp³-hybridized carbons (Fsp3) is 0. The molecule has 0 aliphatic carbocycles. The SMILES string of the molecule is c1ccc(N2B3c4ccccc4Oc4cc(-c5ccccc5-n5c6ccccc6c6ccccc65)cc(c43)-c3ccc(-c4ccccc4-c4ccc5oc6ccccc6c5c4)cc32)cc1. The van der Waals surface area contributed by atoms with E-state index in [1.54, 1.807) is 0 Å². The minimum Gasteiger partial charge on any atom is -0.458 e. The van der Waals surface area contributed by atoms with E-state index in [0.717, 1.165) is 83.8 Å². The van der Waals surface area contributed by atoms with Gasteiger partial charge in [-0.1, -0.05) is 152 Å². The number of hydrogen-bond acceptors (Lipinski definition) is 3. The van der Waals surface area contributed by atoms with Crippen LogP contribution < -0.4 is 20.5 Å². The zero-order chi connectivity index (χ0) is 42.6. The largest absolute Gasteiger partial charge is 0.458 e. The Balaban J connectivity index is 1.00. The Morgan fingerprint density at radius 3 is 1.77 bits per heavy atom. The van der Waals surface area contributed by atoms with Crippen LogP contribution in [0.25, 0.3) is 93.9 Å². The van der Waals surface area contributed by atoms with Crippen LogP contribution in [-0.2, 0) is 0 Å². The summed E-state index contributed by atoms with van der Waals surface area (Å²) in [5, 5.41) is 4.73. The van der Waals surface area contributed by atoms with Gasteiger partial charge >= 0.3 is 6.85 Å². The molecule has 0 unspecified atom stereocenters. The molecule has 2 aliphatic heterocycles. The van der Waals surface area contributed by atoms with Crippen LogP contribution in [0.1, 0.15) is 0 Å². The summed E-state index contributed by atoms with van der Waals surface area (Å²) in [5.41, 5.74) is 19.1. The van der Waals surface area contributed by atoms with Crippen LogP contribution >= 0.6 is 0 Å². The lowest BCUT2D eigenvalue weighted by atomic mass is 9.44. The van der Waals surface area contributed by atoms with Crippen LogP contribution in [0.15, 0.2) is 229 Å². The molecule has 0 radical (unpaired) electrons. The maximum absolute atomic E-state index is 7.03. The number of anilines is 2. The van der Waals surface area contributed by atoms with Crippen molar-refractivity contribution >= 4 is 72.9 Å². The second kappa shape index (κ2) is 14.0. The summed E-state index contributed by atoms with van der Waals surface area (Å²) in [4.78, 5) is 2.53. The first kappa shape index (κ1) is 36.0. The molecule has 0 saturated carbocycles. The van der Waals surface area contributed by atoms with Gasteiger partial charge in [-0.15, -0.1) is 0 Å². The van der Waals surface area contributed by atoms with E-state index in [4.69, 9.17) is 9.15 Å². The molecule has 12 aromatic rings. The number of nitrogens with zero attached hydrogens (tertiary/aromatic N) is 2. The Bertz CT molecular complexity index is 3850. The number of ether oxygens (including phenoxy) is 1. The summed E-state index contributed by atoms with van der Waals surface area (Å²) >= 11 is 0. The third-order valence-electron chi connectivity index (χ3n) is 13.7. The summed E-state index contributed by atoms with van der Waals surface area (Å²) < 4.78 is 15.7. The molecule has 10 aromatic carbocycles. The summed E-state index contributed by atoms with van der Waals surface area (Å²) in [6.07, 6.45) is 0. The highest BCUT2D eigenvalue weighted by atomic mass is 16.5. The van der Waals surface area contributed by atoms with Crippen molar-refractivity contribution < 1.29 is 9.15 Å². The number of benzene rings is 10. The zero-order valence-electron chi connectivity index (χ0n) is 35.2. The molecule has 0 atom stereocenters. The van der Waals surface area contributed by atoms with Crippen LogP contribution in [0.4, 0.5) is 11.4 Å². The highest BCUT2D eigenvalue weighted by Crippen LogP contribution is 2.48. The maximum Gasteiger partial charge on any atom is 0.336 e. The molecule has 2 aromatic heterocycles. The molecule has 5 heteroatoms. The van der Waals surface area contributed by atoms with Gasteiger partial charge in [0.15, 0.2) is 0 Å². The normalized spacial score (nSPS) is 12.7. The molecule has 2 aliphatic rings. The van der Waals surface area contributed by atoms with E-state index in [1.165, 1.54) is 44.0 Å². The highest BCUT2D eigenvalue weighted by Gasteiger charge is 2.44. The Labute approximate surface area is 375 Å². The molecule has 0 saturated heterocycles. The van der Waals surface area contributed by atoms with E-state index in [2.05, 4.69) is 222 Å². The van der Waals surface area contributed by atoms with Crippen LogP contribution in [0, 0.1) is 0 Å². The molecular formula is C60H37BN2O2. The lowest BCUT2D eigenvalue weighted by Gasteiger charge is -2.42. The molecule has 0 bridgehead atoms. The number of hydrogen-bond donors (Lipinski definition) is 0. The van der Waals surface area contributed by atoms with E-state index in [0.29, 0.717) is 0 Å². The van der Waals surface area contributed by atoms with Gasteiger partial charge < -0.3 is 18.5 Å². The van der Waals surface area contributed by atoms with Gasteiger partial charge in [0.1, 0.15) is 22.7 Å². The van der Waals surface area contributed by atoms with Crippen LogP contribution in [-0.4, -0.2) is 11.4 Å². The molecular weight excluding hydrogens is 791 g/mol. The number of furan rings is 1. The van der Waals surface area contributed by atoms with E-state index >= 15 is 0 Å². The molecule has 14 rings (SSSR count). The second-order valence-electron chi connectivity index (χ2n) is 17.2. The second-order valence-corrected chi connectivity index (χ2v) is 17.2. The molecule has 4 nitrogen and oxygen atoms in total. The Kier molecular flexibility index (Phi) is 7.75. The molecule has 0 spiro atoms. The van der Waals surface area contributed by atoms with Crippen molar-refractivity contribution in [2.75, 3.05) is 4.81 Å². The van der Waals surface area contributed by atoms with Crippen molar-refractivity contribution in [1.29, 1.82) is 0 Å². The average molecular weight is 829 g/mol. The maximum atomic E-state index is 7.03. The number of fused-ring (bicyclic) bond motifs is 10. The minimum absolute atomic E-state index is 0.135. The van der Waals surface area contributed by atoms with Gasteiger partial charge in [0.25, 0.3) is 0 Å². The van der Waals surface area contributed by atoms with Gasteiger partial charge in [-0.25, -0.2) is 0 Å². The van der Waals surface area contributed by atoms with Crippen molar-refractivity contribution in [3.05, 3.63) is 224 Å². The van der Waals surface area contributed by atoms with Crippen molar-refractivity contribution in [3.8, 4) is 61.7 Å². The topological polar surface area (TPSA) is 30.5 Å². The van der Waals surface area contributed by atoms with Gasteiger partial charge in [-0.3, -0.25) is 0 Å². The van der Waals surface area contributed by atoms with Crippen molar-refractivity contribution in [3.63, 3.8) is 0 Å². The van der Waals surface area contributed by atoms with Gasteiger partial charge in [0.05, 0.1) is 16.7 Å². The van der Waals surface area contributed by atoms with Gasteiger partial charge in [-0.2, -0.15) is 0 Å². The molecule has 0 N–H and O–H groups in total. The summed E-state index contributed by atoms with van der Waals surface area (Å²) in [7, 11) is 0. The fourth-order valence-electron chi connectivity index (χ4n) is 10.8. The molecule has 0 fully saturated rings. The lowest BCUT2D eigenvalue weighted by Crippen LogP contribution is -2.59. The van der Waals surface area contributed by atoms with E-state index in [9.17, 15) is 0 Å². The monoisotopic (exact) mass is 828 g/mol. The van der Waals surface area contributed by atoms with Gasteiger partial charge in [-0.05, 0) is 112 Å². The minimum atomic E-state index is -0.135. The predicted octanol–water partition coefficient (Wildman–Crippen LogP) is 14.7. The number of rotatable bonds is 5. The van der Waals surface area contributed by atoms with Crippen LogP contribution in [0.5, 0.6) is 11.5 Å². The van der Waals surface area contributed by atoms with Gasteiger partial charge in [0.2, 0.25) is 0 Å². The fourth-order valence-corrected chi connectivity index (χ4v) is 10.8. The van der Waals surface area contributed by atoms with E-state index in [1.807, 2.05) is 12.1 Å². The first-order valence-corrected chi connectivity index (χ1v) is 22.3. The Morgan fingerprint density at radius 1 is 0.354 bits per heavy atom. The van der Waals surface area contributed by atoms with E-state index < -0.39 is 0 Å². The quantitative estimate of drug-likeness (QED) is 0.162. The van der Waals surface area contributed by atoms with Crippen molar-refractivity contribution in [1.82, 2.24) is 4.57 Å². The summed E-state index contributed by atoms with van der Waals surface area (Å²) in [6, 6.07) is 81.0. The highest BCUT2D eigenvalue weighted by molar-refractivity contribution is 6.92. The zero-order valence-corrected chi connectivity index (χ0v) is 35.2. The lowest BCUT2D eigenvalue weighted by molar-refractivity contribution is 0.487. The van der Waals surface area contributed by atoms with Gasteiger partial charge in [0, 0.05) is 49.5 Å². The Morgan fingerprint density at radius 2 is 0.969 bits per heavy atom. The standard InChI is InChI=1S/C60H37BN2O2/c1-2-16-41(17-3-1)63-55-36-39(43-19-5-4-18-42(43)38-31-33-57-49(34-38)48-23-9-14-28-56(48)64-57)30-32-47(55)50-35-40(37-59-60(50)61(63)51-24-10-15-29-58(51)65-59)44-20-6-11-25-52(44)62-53-26-12-7-21-45(53)46-22-8-13-27-54(46)62/h1-37H. The molecule has 0 amide bonds. The molecule has 65 heavy (non-hydrogen) atoms. The Hall–Kier alpha value is -8.54. The smallest absolute Gasteiger partial charge is 0.336 e. The third-order valence-corrected chi connectivity index (χ3v) is 13.7. The number of para-hydroxylation sites is 6. The first-order valence-electron chi connectivity index (χ1n) is 22.3. The van der Waals surface area contributed by atoms with Crippen LogP contribution in [0.2, 0.25) is 0 Å². The molecule has 302 valence electrons. The van der Waals surface area contributed by atoms with E-state index in [-0.39, 0.29) is 6.85 Å². The average Bonchev–Trinajstić information content (AvgIpc) is 3.92. The first-order chi connectivity index (χ1) is 32.2. The molecule has 4 heterocycles. The number of aromatic nitrogens is 1. The van der Waals surface area contributed by atoms with Crippen molar-refractivity contribution in [2.24, 2.45) is 0 Å². The predicted molar refractivity (Wildman–Crippen MR) is 270 cm³/mol. The van der Waals surface area contributed by atoms with Crippen molar-refractivity contribution in [2.45, 2.75) is 0 Å². The van der Waals surface area contributed by atoms with Crippen LogP contribution in [0.3, 0.4) is 0 Å². The summed E-state index contributed by atoms with van der Waals surface area (Å²) in [5.74, 6) is 1.75. The third kappa shape index (κ3) is 5.39.